The van der Waals surface area contributed by atoms with Gasteiger partial charge in [0.25, 0.3) is 0 Å². The predicted molar refractivity (Wildman–Crippen MR) is 52.9 cm³/mol. The smallest absolute Gasteiger partial charge is 0.396 e. The van der Waals surface area contributed by atoms with Gasteiger partial charge in [-0.15, -0.1) is 12.4 Å². The first-order valence-electron chi connectivity index (χ1n) is 3.58. The third-order valence-corrected chi connectivity index (χ3v) is 0.708. The van der Waals surface area contributed by atoms with Crippen molar-refractivity contribution in [3.05, 3.63) is 0 Å². The average molecular weight is 213 g/mol. The first-order valence-corrected chi connectivity index (χ1v) is 3.58. The fourth-order valence-electron chi connectivity index (χ4n) is 0.325. The Labute approximate surface area is 84.6 Å². The van der Waals surface area contributed by atoms with E-state index in [1.165, 1.54) is 0 Å². The van der Waals surface area contributed by atoms with Crippen LogP contribution in [0.15, 0.2) is 0 Å². The van der Waals surface area contributed by atoms with E-state index in [1.54, 1.807) is 6.92 Å². The van der Waals surface area contributed by atoms with Crippen molar-refractivity contribution in [1.29, 1.82) is 0 Å². The number of amides is 1. The first kappa shape index (κ1) is 18.1. The van der Waals surface area contributed by atoms with Crippen molar-refractivity contribution < 1.29 is 14.3 Å². The third kappa shape index (κ3) is 14.1. The predicted octanol–water partition coefficient (Wildman–Crippen LogP) is -0.447. The van der Waals surface area contributed by atoms with Crippen LogP contribution in [0.5, 0.6) is 0 Å². The van der Waals surface area contributed by atoms with Crippen LogP contribution >= 0.6 is 12.4 Å². The molecule has 0 rings (SSSR count). The zero-order valence-electron chi connectivity index (χ0n) is 8.34. The zero-order chi connectivity index (χ0) is 9.98. The topological polar surface area (TPSA) is 67.4 Å². The number of nitrogens with one attached hydrogen (secondary N) is 2. The second-order valence-electron chi connectivity index (χ2n) is 1.85. The lowest BCUT2D eigenvalue weighted by atomic mass is 10.6. The Balaban J connectivity index is -0.000000220. The summed E-state index contributed by atoms with van der Waals surface area (Å²) in [6, 6.07) is 0. The summed E-state index contributed by atoms with van der Waals surface area (Å²) < 4.78 is 4.11. The van der Waals surface area contributed by atoms with Crippen molar-refractivity contribution in [2.75, 3.05) is 27.7 Å². The molecule has 0 aromatic carbocycles. The van der Waals surface area contributed by atoms with E-state index >= 15 is 0 Å². The number of hydrogen-bond acceptors (Lipinski definition) is 4. The van der Waals surface area contributed by atoms with E-state index in [9.17, 15) is 9.59 Å². The zero-order valence-corrected chi connectivity index (χ0v) is 9.16. The van der Waals surface area contributed by atoms with Gasteiger partial charge in [-0.05, 0) is 21.0 Å². The second-order valence-corrected chi connectivity index (χ2v) is 1.85. The van der Waals surface area contributed by atoms with Gasteiger partial charge in [0.2, 0.25) is 0 Å². The maximum Gasteiger partial charge on any atom is 0.396 e. The molecule has 80 valence electrons. The van der Waals surface area contributed by atoms with Crippen molar-refractivity contribution in [2.45, 2.75) is 6.92 Å². The Kier molecular flexibility index (Phi) is 19.1. The van der Waals surface area contributed by atoms with Gasteiger partial charge in [-0.1, -0.05) is 0 Å². The van der Waals surface area contributed by atoms with Gasteiger partial charge < -0.3 is 15.4 Å². The fourth-order valence-corrected chi connectivity index (χ4v) is 0.325. The van der Waals surface area contributed by atoms with Crippen molar-refractivity contribution >= 4 is 24.3 Å². The Hall–Kier alpha value is -0.810. The number of halogens is 1. The van der Waals surface area contributed by atoms with Gasteiger partial charge >= 0.3 is 11.9 Å². The molecule has 0 saturated heterocycles. The summed E-state index contributed by atoms with van der Waals surface area (Å²) in [5.41, 5.74) is 0. The summed E-state index contributed by atoms with van der Waals surface area (Å²) in [7, 11) is 4.91. The summed E-state index contributed by atoms with van der Waals surface area (Å²) in [4.78, 5) is 20.7. The molecule has 0 aliphatic rings. The van der Waals surface area contributed by atoms with Crippen LogP contribution in [0.25, 0.3) is 0 Å². The van der Waals surface area contributed by atoms with Crippen LogP contribution in [0.3, 0.4) is 0 Å². The molecule has 0 heterocycles. The van der Waals surface area contributed by atoms with Gasteiger partial charge in [-0.3, -0.25) is 4.79 Å². The van der Waals surface area contributed by atoms with E-state index in [0.29, 0.717) is 6.54 Å². The minimum Gasteiger partial charge on any atom is -0.462 e. The molecule has 5 nitrogen and oxygen atoms in total. The number of carbonyl (C=O) groups excluding carboxylic acids is 2. The number of likely N-dealkylation sites (N-methyl/N-ethyl adjacent to an activating group) is 1. The highest BCUT2D eigenvalue weighted by atomic mass is 35.5. The molecule has 0 atom stereocenters. The maximum absolute atomic E-state index is 10.4. The van der Waals surface area contributed by atoms with Crippen LogP contribution in [-0.4, -0.2) is 39.6 Å². The van der Waals surface area contributed by atoms with Crippen molar-refractivity contribution in [3.8, 4) is 0 Å². The van der Waals surface area contributed by atoms with E-state index in [-0.39, 0.29) is 12.4 Å². The van der Waals surface area contributed by atoms with Crippen LogP contribution in [0.4, 0.5) is 0 Å². The third-order valence-electron chi connectivity index (χ3n) is 0.708. The monoisotopic (exact) mass is 212 g/mol. The average Bonchev–Trinajstić information content (AvgIpc) is 2.05. The molecule has 6 heteroatoms. The molecule has 0 spiro atoms. The van der Waals surface area contributed by atoms with E-state index in [0.717, 1.165) is 7.11 Å². The van der Waals surface area contributed by atoms with Crippen LogP contribution in [0, 0.1) is 0 Å². The fraction of sp³-hybridized carbons (Fsp3) is 0.714. The van der Waals surface area contributed by atoms with E-state index < -0.39 is 11.9 Å². The highest BCUT2D eigenvalue weighted by Gasteiger charge is 2.10. The molecule has 0 aliphatic heterocycles. The van der Waals surface area contributed by atoms with Crippen LogP contribution < -0.4 is 10.6 Å². The standard InChI is InChI=1S/C5H9NO3.C2H7N.ClH/c1-3-6-4(7)5(8)9-2;1-3-2;/h3H2,1-2H3,(H,6,7);3H,1-2H3;1H. The number of esters is 1. The van der Waals surface area contributed by atoms with Crippen LogP contribution in [-0.2, 0) is 14.3 Å². The molecule has 0 bridgehead atoms. The second kappa shape index (κ2) is 13.8. The summed E-state index contributed by atoms with van der Waals surface area (Å²) in [6.07, 6.45) is 0. The Morgan fingerprint density at radius 1 is 1.31 bits per heavy atom. The van der Waals surface area contributed by atoms with Gasteiger partial charge in [0.1, 0.15) is 0 Å². The Morgan fingerprint density at radius 3 is 1.92 bits per heavy atom. The van der Waals surface area contributed by atoms with Gasteiger partial charge in [0.15, 0.2) is 0 Å². The molecule has 13 heavy (non-hydrogen) atoms. The maximum atomic E-state index is 10.4. The first-order chi connectivity index (χ1) is 5.63. The normalized spacial score (nSPS) is 7.08. The molecular weight excluding hydrogens is 196 g/mol. The SMILES string of the molecule is CCNC(=O)C(=O)OC.CNC.Cl. The number of carbonyl (C=O) groups is 2. The van der Waals surface area contributed by atoms with Crippen molar-refractivity contribution in [3.63, 3.8) is 0 Å². The highest BCUT2D eigenvalue weighted by Crippen LogP contribution is 1.71. The molecule has 0 unspecified atom stereocenters. The number of methoxy groups -OCH3 is 1. The van der Waals surface area contributed by atoms with Crippen LogP contribution in [0.2, 0.25) is 0 Å². The lowest BCUT2D eigenvalue weighted by molar-refractivity contribution is -0.152. The summed E-state index contributed by atoms with van der Waals surface area (Å²) >= 11 is 0. The number of rotatable bonds is 1. The highest BCUT2D eigenvalue weighted by molar-refractivity contribution is 6.32. The van der Waals surface area contributed by atoms with Crippen LogP contribution in [0.1, 0.15) is 6.92 Å². The molecule has 0 aromatic rings. The molecule has 0 aliphatic carbocycles. The molecule has 0 saturated carbocycles. The summed E-state index contributed by atoms with van der Waals surface area (Å²) in [5, 5.41) is 5.03. The van der Waals surface area contributed by atoms with Gasteiger partial charge in [0.05, 0.1) is 7.11 Å². The van der Waals surface area contributed by atoms with E-state index in [4.69, 9.17) is 0 Å². The molecule has 0 radical (unpaired) electrons. The lowest BCUT2D eigenvalue weighted by Crippen LogP contribution is -2.31. The van der Waals surface area contributed by atoms with E-state index in [1.807, 2.05) is 14.1 Å². The van der Waals surface area contributed by atoms with E-state index in [2.05, 4.69) is 15.4 Å². The summed E-state index contributed by atoms with van der Waals surface area (Å²) in [6.45, 7) is 2.16. The molecule has 0 fully saturated rings. The minimum atomic E-state index is -0.850. The summed E-state index contributed by atoms with van der Waals surface area (Å²) in [5.74, 6) is -1.54. The van der Waals surface area contributed by atoms with Crippen molar-refractivity contribution in [1.82, 2.24) is 10.6 Å². The number of ether oxygens (including phenoxy) is 1. The molecule has 1 amide bonds. The van der Waals surface area contributed by atoms with Crippen molar-refractivity contribution in [2.24, 2.45) is 0 Å². The largest absolute Gasteiger partial charge is 0.462 e. The number of hydrogen-bond donors (Lipinski definition) is 2. The minimum absolute atomic E-state index is 0. The molecular formula is C7H17ClN2O3. The van der Waals surface area contributed by atoms with Gasteiger partial charge in [0, 0.05) is 6.54 Å². The Bertz CT molecular complexity index is 142. The Morgan fingerprint density at radius 2 is 1.69 bits per heavy atom. The lowest BCUT2D eigenvalue weighted by Gasteiger charge is -1.96. The quantitative estimate of drug-likeness (QED) is 0.457. The van der Waals surface area contributed by atoms with Gasteiger partial charge in [-0.2, -0.15) is 0 Å². The molecule has 0 aromatic heterocycles. The van der Waals surface area contributed by atoms with Gasteiger partial charge in [-0.25, -0.2) is 4.79 Å². The molecule has 2 N–H and O–H groups in total.